The highest BCUT2D eigenvalue weighted by Gasteiger charge is 2.17. The fraction of sp³-hybridized carbons (Fsp3) is 0.444. The predicted octanol–water partition coefficient (Wildman–Crippen LogP) is 3.92. The monoisotopic (exact) mass is 346 g/mol. The summed E-state index contributed by atoms with van der Waals surface area (Å²) in [6.07, 6.45) is 4.91. The second-order valence-corrected chi connectivity index (χ2v) is 6.82. The van der Waals surface area contributed by atoms with Gasteiger partial charge in [0.1, 0.15) is 5.82 Å². The highest BCUT2D eigenvalue weighted by molar-refractivity contribution is 7.80. The first-order valence-corrected chi connectivity index (χ1v) is 8.79. The topological polar surface area (TPSA) is 41.9 Å². The van der Waals surface area contributed by atoms with Crippen molar-refractivity contribution in [2.75, 3.05) is 5.32 Å². The van der Waals surface area contributed by atoms with E-state index in [0.29, 0.717) is 17.7 Å². The van der Waals surface area contributed by atoms with Crippen LogP contribution in [0.3, 0.4) is 0 Å². The van der Waals surface area contributed by atoms with Gasteiger partial charge in [-0.05, 0) is 56.6 Å². The van der Waals surface area contributed by atoms with E-state index in [4.69, 9.17) is 12.2 Å². The third-order valence-electron chi connectivity index (χ3n) is 4.56. The van der Waals surface area contributed by atoms with Crippen LogP contribution in [0.25, 0.3) is 0 Å². The molecule has 4 nitrogen and oxygen atoms in total. The molecule has 24 heavy (non-hydrogen) atoms. The van der Waals surface area contributed by atoms with Crippen LogP contribution in [0.5, 0.6) is 0 Å². The maximum absolute atomic E-state index is 13.0. The van der Waals surface area contributed by atoms with Gasteiger partial charge in [0.2, 0.25) is 0 Å². The number of nitrogens with zero attached hydrogens (tertiary/aromatic N) is 2. The fourth-order valence-electron chi connectivity index (χ4n) is 3.20. The third-order valence-corrected chi connectivity index (χ3v) is 4.78. The van der Waals surface area contributed by atoms with Crippen LogP contribution in [0.4, 0.5) is 10.1 Å². The van der Waals surface area contributed by atoms with Gasteiger partial charge in [-0.2, -0.15) is 5.10 Å². The van der Waals surface area contributed by atoms with Crippen molar-refractivity contribution in [2.24, 2.45) is 0 Å². The van der Waals surface area contributed by atoms with Crippen LogP contribution in [-0.2, 0) is 6.54 Å². The average Bonchev–Trinajstić information content (AvgIpc) is 3.14. The van der Waals surface area contributed by atoms with Crippen LogP contribution < -0.4 is 10.6 Å². The molecule has 0 atom stereocenters. The summed E-state index contributed by atoms with van der Waals surface area (Å²) in [6, 6.07) is 7.00. The maximum Gasteiger partial charge on any atom is 0.171 e. The zero-order chi connectivity index (χ0) is 17.1. The molecule has 0 spiro atoms. The lowest BCUT2D eigenvalue weighted by atomic mass is 10.2. The Balaban J connectivity index is 1.69. The SMILES string of the molecule is Cc1nn(Cc2ccc(F)cc2)c(C)c1NC(=S)NC1CCCC1. The number of hydrogen-bond donors (Lipinski definition) is 2. The Morgan fingerprint density at radius 2 is 1.92 bits per heavy atom. The molecule has 1 aromatic carbocycles. The van der Waals surface area contributed by atoms with Gasteiger partial charge < -0.3 is 10.6 Å². The van der Waals surface area contributed by atoms with Crippen molar-refractivity contribution in [1.82, 2.24) is 15.1 Å². The normalized spacial score (nSPS) is 14.8. The first-order chi connectivity index (χ1) is 11.5. The van der Waals surface area contributed by atoms with Gasteiger partial charge in [0.05, 0.1) is 23.6 Å². The Labute approximate surface area is 147 Å². The zero-order valence-electron chi connectivity index (χ0n) is 14.1. The summed E-state index contributed by atoms with van der Waals surface area (Å²) in [5.74, 6) is -0.224. The smallest absolute Gasteiger partial charge is 0.171 e. The van der Waals surface area contributed by atoms with Gasteiger partial charge in [-0.25, -0.2) is 4.39 Å². The molecule has 2 N–H and O–H groups in total. The Bertz CT molecular complexity index is 717. The second-order valence-electron chi connectivity index (χ2n) is 6.41. The van der Waals surface area contributed by atoms with Crippen molar-refractivity contribution in [2.45, 2.75) is 52.1 Å². The molecule has 6 heteroatoms. The highest BCUT2D eigenvalue weighted by atomic mass is 32.1. The summed E-state index contributed by atoms with van der Waals surface area (Å²) in [5.41, 5.74) is 3.89. The van der Waals surface area contributed by atoms with Crippen LogP contribution in [0, 0.1) is 19.7 Å². The molecule has 1 saturated carbocycles. The van der Waals surface area contributed by atoms with Gasteiger partial charge in [-0.15, -0.1) is 0 Å². The summed E-state index contributed by atoms with van der Waals surface area (Å²) in [7, 11) is 0. The van der Waals surface area contributed by atoms with E-state index in [1.165, 1.54) is 37.8 Å². The molecule has 1 fully saturated rings. The number of benzene rings is 1. The number of rotatable bonds is 4. The molecule has 0 amide bonds. The molecule has 0 saturated heterocycles. The number of hydrogen-bond acceptors (Lipinski definition) is 2. The third kappa shape index (κ3) is 3.93. The minimum Gasteiger partial charge on any atom is -0.360 e. The molecule has 0 aliphatic heterocycles. The first-order valence-electron chi connectivity index (χ1n) is 8.39. The van der Waals surface area contributed by atoms with Crippen LogP contribution in [0.2, 0.25) is 0 Å². The molecule has 1 aliphatic rings. The Morgan fingerprint density at radius 3 is 2.58 bits per heavy atom. The van der Waals surface area contributed by atoms with E-state index < -0.39 is 0 Å². The predicted molar refractivity (Wildman–Crippen MR) is 98.8 cm³/mol. The van der Waals surface area contributed by atoms with E-state index >= 15 is 0 Å². The molecular formula is C18H23FN4S. The minimum atomic E-state index is -0.224. The van der Waals surface area contributed by atoms with Gasteiger partial charge in [0.15, 0.2) is 5.11 Å². The molecular weight excluding hydrogens is 323 g/mol. The number of aryl methyl sites for hydroxylation is 1. The Hall–Kier alpha value is -1.95. The second kappa shape index (κ2) is 7.30. The Kier molecular flexibility index (Phi) is 5.14. The number of nitrogens with one attached hydrogen (secondary N) is 2. The van der Waals surface area contributed by atoms with Gasteiger partial charge in [-0.1, -0.05) is 25.0 Å². The zero-order valence-corrected chi connectivity index (χ0v) is 14.9. The first kappa shape index (κ1) is 16.9. The number of aromatic nitrogens is 2. The van der Waals surface area contributed by atoms with Crippen LogP contribution in [0.1, 0.15) is 42.6 Å². The van der Waals surface area contributed by atoms with E-state index in [0.717, 1.165) is 22.6 Å². The molecule has 1 aliphatic carbocycles. The standard InChI is InChI=1S/C18H23FN4S/c1-12-17(21-18(24)20-16-5-3-4-6-16)13(2)23(22-12)11-14-7-9-15(19)10-8-14/h7-10,16H,3-6,11H2,1-2H3,(H2,20,21,24). The summed E-state index contributed by atoms with van der Waals surface area (Å²) in [6.45, 7) is 4.59. The van der Waals surface area contributed by atoms with Crippen LogP contribution in [-0.4, -0.2) is 20.9 Å². The Morgan fingerprint density at radius 1 is 1.25 bits per heavy atom. The molecule has 3 rings (SSSR count). The van der Waals surface area contributed by atoms with Gasteiger partial charge in [0, 0.05) is 6.04 Å². The largest absolute Gasteiger partial charge is 0.360 e. The van der Waals surface area contributed by atoms with Crippen molar-refractivity contribution < 1.29 is 4.39 Å². The van der Waals surface area contributed by atoms with E-state index in [-0.39, 0.29) is 5.82 Å². The molecule has 1 heterocycles. The highest BCUT2D eigenvalue weighted by Crippen LogP contribution is 2.22. The minimum absolute atomic E-state index is 0.224. The van der Waals surface area contributed by atoms with E-state index in [1.807, 2.05) is 18.5 Å². The molecule has 1 aromatic heterocycles. The lowest BCUT2D eigenvalue weighted by Gasteiger charge is -2.16. The summed E-state index contributed by atoms with van der Waals surface area (Å²) in [4.78, 5) is 0. The van der Waals surface area contributed by atoms with Crippen molar-refractivity contribution in [1.29, 1.82) is 0 Å². The summed E-state index contributed by atoms with van der Waals surface area (Å²) >= 11 is 5.44. The molecule has 128 valence electrons. The average molecular weight is 346 g/mol. The fourth-order valence-corrected chi connectivity index (χ4v) is 3.47. The quantitative estimate of drug-likeness (QED) is 0.824. The number of anilines is 1. The summed E-state index contributed by atoms with van der Waals surface area (Å²) in [5, 5.41) is 11.9. The van der Waals surface area contributed by atoms with Crippen LogP contribution >= 0.6 is 12.2 Å². The van der Waals surface area contributed by atoms with E-state index in [9.17, 15) is 4.39 Å². The van der Waals surface area contributed by atoms with Crippen molar-refractivity contribution in [3.05, 3.63) is 47.0 Å². The van der Waals surface area contributed by atoms with Gasteiger partial charge >= 0.3 is 0 Å². The molecule has 2 aromatic rings. The van der Waals surface area contributed by atoms with Crippen molar-refractivity contribution in [3.63, 3.8) is 0 Å². The maximum atomic E-state index is 13.0. The van der Waals surface area contributed by atoms with E-state index in [1.54, 1.807) is 12.1 Å². The lowest BCUT2D eigenvalue weighted by molar-refractivity contribution is 0.622. The van der Waals surface area contributed by atoms with E-state index in [2.05, 4.69) is 15.7 Å². The molecule has 0 unspecified atom stereocenters. The van der Waals surface area contributed by atoms with Crippen LogP contribution in [0.15, 0.2) is 24.3 Å². The molecule has 0 radical (unpaired) electrons. The number of thiocarbonyl (C=S) groups is 1. The molecule has 0 bridgehead atoms. The van der Waals surface area contributed by atoms with Crippen molar-refractivity contribution >= 4 is 23.0 Å². The lowest BCUT2D eigenvalue weighted by Crippen LogP contribution is -2.36. The van der Waals surface area contributed by atoms with Crippen molar-refractivity contribution in [3.8, 4) is 0 Å². The number of halogens is 1. The van der Waals surface area contributed by atoms with Gasteiger partial charge in [-0.3, -0.25) is 4.68 Å². The summed E-state index contributed by atoms with van der Waals surface area (Å²) < 4.78 is 14.9. The van der Waals surface area contributed by atoms with Gasteiger partial charge in [0.25, 0.3) is 0 Å².